The molecule has 0 atom stereocenters. The number of carbonyl (C=O) groups is 3. The van der Waals surface area contributed by atoms with Crippen LogP contribution in [0, 0.1) is 6.92 Å². The molecule has 9 nitrogen and oxygen atoms in total. The summed E-state index contributed by atoms with van der Waals surface area (Å²) in [6.45, 7) is 3.11. The lowest BCUT2D eigenvalue weighted by Gasteiger charge is -2.11. The molecule has 1 amide bonds. The number of benzene rings is 1. The van der Waals surface area contributed by atoms with Crippen LogP contribution in [0.5, 0.6) is 11.5 Å². The third-order valence-corrected chi connectivity index (χ3v) is 6.16. The number of esters is 2. The molecule has 11 heteroatoms. The van der Waals surface area contributed by atoms with Crippen LogP contribution in [0.4, 0.5) is 5.00 Å². The molecule has 0 saturated heterocycles. The molecule has 0 bridgehead atoms. The van der Waals surface area contributed by atoms with Gasteiger partial charge in [0.2, 0.25) is 0 Å². The highest BCUT2D eigenvalue weighted by molar-refractivity contribution is 7.15. The van der Waals surface area contributed by atoms with Crippen LogP contribution in [-0.2, 0) is 14.3 Å². The SMILES string of the molecule is CCOC(=O)c1c(-c2ccc(OC)c(OC)c2)csc1NC(=O)COC(=O)c1cnc(C)s1. The van der Waals surface area contributed by atoms with Gasteiger partial charge in [0, 0.05) is 10.9 Å². The first-order valence-electron chi connectivity index (χ1n) is 9.78. The molecule has 0 unspecified atom stereocenters. The molecule has 3 aromatic rings. The summed E-state index contributed by atoms with van der Waals surface area (Å²) >= 11 is 2.33. The van der Waals surface area contributed by atoms with Gasteiger partial charge in [-0.2, -0.15) is 0 Å². The van der Waals surface area contributed by atoms with Crippen LogP contribution < -0.4 is 14.8 Å². The minimum atomic E-state index is -0.640. The van der Waals surface area contributed by atoms with Crippen LogP contribution >= 0.6 is 22.7 Å². The number of methoxy groups -OCH3 is 2. The van der Waals surface area contributed by atoms with E-state index in [-0.39, 0.29) is 17.2 Å². The molecule has 0 aliphatic rings. The second kappa shape index (κ2) is 10.9. The summed E-state index contributed by atoms with van der Waals surface area (Å²) in [5.41, 5.74) is 1.44. The van der Waals surface area contributed by atoms with Crippen molar-refractivity contribution >= 4 is 45.5 Å². The first kappa shape index (κ1) is 24.2. The van der Waals surface area contributed by atoms with E-state index in [1.54, 1.807) is 37.4 Å². The average molecular weight is 491 g/mol. The Morgan fingerprint density at radius 1 is 1.06 bits per heavy atom. The Labute approximate surface area is 198 Å². The van der Waals surface area contributed by atoms with Crippen molar-refractivity contribution in [2.75, 3.05) is 32.8 Å². The Hall–Kier alpha value is -3.44. The van der Waals surface area contributed by atoms with E-state index in [4.69, 9.17) is 18.9 Å². The number of hydrogen-bond donors (Lipinski definition) is 1. The summed E-state index contributed by atoms with van der Waals surface area (Å²) in [7, 11) is 3.05. The van der Waals surface area contributed by atoms with E-state index >= 15 is 0 Å². The van der Waals surface area contributed by atoms with Gasteiger partial charge in [-0.25, -0.2) is 14.6 Å². The zero-order valence-electron chi connectivity index (χ0n) is 18.4. The van der Waals surface area contributed by atoms with Crippen molar-refractivity contribution in [1.29, 1.82) is 0 Å². The zero-order chi connectivity index (χ0) is 24.0. The Morgan fingerprint density at radius 3 is 2.45 bits per heavy atom. The molecule has 33 heavy (non-hydrogen) atoms. The molecule has 1 N–H and O–H groups in total. The molecule has 1 aromatic carbocycles. The molecule has 0 spiro atoms. The predicted molar refractivity (Wildman–Crippen MR) is 125 cm³/mol. The predicted octanol–water partition coefficient (Wildman–Crippen LogP) is 4.17. The Balaban J connectivity index is 1.82. The summed E-state index contributed by atoms with van der Waals surface area (Å²) in [4.78, 5) is 41.5. The number of anilines is 1. The average Bonchev–Trinajstić information content (AvgIpc) is 3.43. The number of nitrogens with one attached hydrogen (secondary N) is 1. The number of thiazole rings is 1. The lowest BCUT2D eigenvalue weighted by Crippen LogP contribution is -2.21. The molecule has 0 aliphatic carbocycles. The van der Waals surface area contributed by atoms with Gasteiger partial charge in [-0.1, -0.05) is 6.07 Å². The summed E-state index contributed by atoms with van der Waals surface area (Å²) in [5, 5.41) is 5.37. The maximum absolute atomic E-state index is 12.7. The van der Waals surface area contributed by atoms with Gasteiger partial charge in [0.15, 0.2) is 18.1 Å². The fourth-order valence-corrected chi connectivity index (χ4v) is 4.54. The van der Waals surface area contributed by atoms with E-state index in [2.05, 4.69) is 10.3 Å². The highest BCUT2D eigenvalue weighted by Gasteiger charge is 2.24. The van der Waals surface area contributed by atoms with Crippen LogP contribution in [-0.4, -0.2) is 50.3 Å². The van der Waals surface area contributed by atoms with Gasteiger partial charge < -0.3 is 24.3 Å². The van der Waals surface area contributed by atoms with Crippen LogP contribution in [0.25, 0.3) is 11.1 Å². The van der Waals surface area contributed by atoms with E-state index < -0.39 is 24.5 Å². The van der Waals surface area contributed by atoms with E-state index in [0.717, 1.165) is 11.3 Å². The highest BCUT2D eigenvalue weighted by atomic mass is 32.1. The van der Waals surface area contributed by atoms with E-state index in [1.165, 1.54) is 31.8 Å². The summed E-state index contributed by atoms with van der Waals surface area (Å²) in [6.07, 6.45) is 1.40. The van der Waals surface area contributed by atoms with Crippen molar-refractivity contribution in [3.63, 3.8) is 0 Å². The summed E-state index contributed by atoms with van der Waals surface area (Å²) < 4.78 is 20.9. The molecule has 0 fully saturated rings. The third kappa shape index (κ3) is 5.68. The number of thiophene rings is 1. The number of amides is 1. The molecule has 2 aromatic heterocycles. The third-order valence-electron chi connectivity index (χ3n) is 4.37. The number of hydrogen-bond acceptors (Lipinski definition) is 10. The zero-order valence-corrected chi connectivity index (χ0v) is 20.1. The van der Waals surface area contributed by atoms with E-state index in [9.17, 15) is 14.4 Å². The maximum atomic E-state index is 12.7. The lowest BCUT2D eigenvalue weighted by atomic mass is 10.0. The molecular weight excluding hydrogens is 468 g/mol. The number of aromatic nitrogens is 1. The van der Waals surface area contributed by atoms with Crippen molar-refractivity contribution < 1.29 is 33.3 Å². The minimum Gasteiger partial charge on any atom is -0.493 e. The summed E-state index contributed by atoms with van der Waals surface area (Å²) in [6, 6.07) is 5.23. The fraction of sp³-hybridized carbons (Fsp3) is 0.273. The number of carbonyl (C=O) groups excluding carboxylic acids is 3. The highest BCUT2D eigenvalue weighted by Crippen LogP contribution is 2.39. The van der Waals surface area contributed by atoms with E-state index in [1.807, 2.05) is 0 Å². The van der Waals surface area contributed by atoms with Crippen molar-refractivity contribution in [2.45, 2.75) is 13.8 Å². The van der Waals surface area contributed by atoms with Crippen LogP contribution in [0.15, 0.2) is 29.8 Å². The molecule has 0 saturated carbocycles. The van der Waals surface area contributed by atoms with Crippen LogP contribution in [0.3, 0.4) is 0 Å². The number of rotatable bonds is 9. The standard InChI is InChI=1S/C22H22N2O7S2/c1-5-30-22(27)19-14(13-6-7-15(28-3)16(8-13)29-4)11-32-20(19)24-18(25)10-31-21(26)17-9-23-12(2)33-17/h6-9,11H,5,10H2,1-4H3,(H,24,25). The topological polar surface area (TPSA) is 113 Å². The number of aryl methyl sites for hydroxylation is 1. The summed E-state index contributed by atoms with van der Waals surface area (Å²) in [5.74, 6) is -0.780. The largest absolute Gasteiger partial charge is 0.493 e. The quantitative estimate of drug-likeness (QED) is 0.445. The number of nitrogens with zero attached hydrogens (tertiary/aromatic N) is 1. The van der Waals surface area contributed by atoms with Crippen molar-refractivity contribution in [1.82, 2.24) is 4.98 Å². The van der Waals surface area contributed by atoms with Gasteiger partial charge in [-0.3, -0.25) is 4.79 Å². The second-order valence-electron chi connectivity index (χ2n) is 6.51. The fourth-order valence-electron chi connectivity index (χ4n) is 2.89. The molecular formula is C22H22N2O7S2. The second-order valence-corrected chi connectivity index (χ2v) is 8.63. The van der Waals surface area contributed by atoms with Crippen molar-refractivity contribution in [3.05, 3.63) is 45.2 Å². The Bertz CT molecular complexity index is 1170. The van der Waals surface area contributed by atoms with E-state index in [0.29, 0.717) is 32.5 Å². The first-order chi connectivity index (χ1) is 15.9. The molecule has 2 heterocycles. The Kier molecular flexibility index (Phi) is 8.01. The number of ether oxygens (including phenoxy) is 4. The monoisotopic (exact) mass is 490 g/mol. The minimum absolute atomic E-state index is 0.166. The molecule has 0 aliphatic heterocycles. The molecule has 0 radical (unpaired) electrons. The van der Waals surface area contributed by atoms with Gasteiger partial charge in [0.05, 0.1) is 32.0 Å². The van der Waals surface area contributed by atoms with Crippen LogP contribution in [0.2, 0.25) is 0 Å². The first-order valence-corrected chi connectivity index (χ1v) is 11.5. The molecule has 3 rings (SSSR count). The van der Waals surface area contributed by atoms with Crippen molar-refractivity contribution in [2.24, 2.45) is 0 Å². The lowest BCUT2D eigenvalue weighted by molar-refractivity contribution is -0.119. The maximum Gasteiger partial charge on any atom is 0.350 e. The van der Waals surface area contributed by atoms with Crippen LogP contribution in [0.1, 0.15) is 32.0 Å². The molecule has 174 valence electrons. The van der Waals surface area contributed by atoms with Gasteiger partial charge in [0.25, 0.3) is 5.91 Å². The van der Waals surface area contributed by atoms with Crippen molar-refractivity contribution in [3.8, 4) is 22.6 Å². The van der Waals surface area contributed by atoms with Gasteiger partial charge >= 0.3 is 11.9 Å². The normalized spacial score (nSPS) is 10.4. The van der Waals surface area contributed by atoms with Gasteiger partial charge in [0.1, 0.15) is 15.4 Å². The van der Waals surface area contributed by atoms with Gasteiger partial charge in [-0.15, -0.1) is 22.7 Å². The van der Waals surface area contributed by atoms with Gasteiger partial charge in [-0.05, 0) is 31.5 Å². The smallest absolute Gasteiger partial charge is 0.350 e. The Morgan fingerprint density at radius 2 is 1.82 bits per heavy atom.